The summed E-state index contributed by atoms with van der Waals surface area (Å²) < 4.78 is 35.9. The Morgan fingerprint density at radius 1 is 0.611 bits per heavy atom. The minimum atomic E-state index is -0.301. The summed E-state index contributed by atoms with van der Waals surface area (Å²) >= 11 is 0. The molecule has 0 saturated carbocycles. The number of hydrogen-bond donors (Lipinski definition) is 0. The van der Waals surface area contributed by atoms with Crippen molar-refractivity contribution in [2.45, 2.75) is 0 Å². The Balaban J connectivity index is 1.73. The Morgan fingerprint density at radius 2 is 0.944 bits per heavy atom. The van der Waals surface area contributed by atoms with Crippen LogP contribution in [0.1, 0.15) is 0 Å². The van der Waals surface area contributed by atoms with Crippen LogP contribution in [0.2, 0.25) is 0 Å². The Kier molecular flexibility index (Phi) is 4.12. The predicted molar refractivity (Wildman–Crippen MR) is 63.8 cm³/mol. The Hall–Kier alpha value is -2.10. The normalized spacial score (nSPS) is 10.1. The summed E-state index contributed by atoms with van der Waals surface area (Å²) in [5.41, 5.74) is 0. The monoisotopic (exact) mass is 250 g/mol. The molecule has 0 aliphatic rings. The van der Waals surface area contributed by atoms with Crippen LogP contribution in [-0.2, 0) is 0 Å². The molecule has 0 aliphatic heterocycles. The molecule has 0 atom stereocenters. The number of benzene rings is 2. The van der Waals surface area contributed by atoms with Crippen LogP contribution in [-0.4, -0.2) is 13.2 Å². The minimum Gasteiger partial charge on any atom is -0.490 e. The first-order chi connectivity index (χ1) is 8.74. The first kappa shape index (κ1) is 12.4. The molecule has 0 unspecified atom stereocenters. The molecule has 18 heavy (non-hydrogen) atoms. The molecule has 0 spiro atoms. The maximum atomic E-state index is 12.6. The molecule has 2 aromatic carbocycles. The molecule has 0 fully saturated rings. The largest absolute Gasteiger partial charge is 0.490 e. The van der Waals surface area contributed by atoms with Gasteiger partial charge in [-0.2, -0.15) is 0 Å². The molecular weight excluding hydrogens is 238 g/mol. The highest BCUT2D eigenvalue weighted by atomic mass is 19.1. The van der Waals surface area contributed by atoms with Gasteiger partial charge in [0, 0.05) is 0 Å². The third-order valence-corrected chi connectivity index (χ3v) is 2.25. The van der Waals surface area contributed by atoms with Gasteiger partial charge in [-0.25, -0.2) is 8.78 Å². The number of rotatable bonds is 5. The second-order valence-electron chi connectivity index (χ2n) is 3.60. The Bertz CT molecular complexity index is 433. The lowest BCUT2D eigenvalue weighted by Crippen LogP contribution is -2.08. The number of hydrogen-bond acceptors (Lipinski definition) is 2. The zero-order valence-corrected chi connectivity index (χ0v) is 9.61. The van der Waals surface area contributed by atoms with Crippen molar-refractivity contribution >= 4 is 0 Å². The summed E-state index contributed by atoms with van der Waals surface area (Å²) in [6.45, 7) is 0.673. The van der Waals surface area contributed by atoms with Gasteiger partial charge in [-0.3, -0.25) is 0 Å². The van der Waals surface area contributed by atoms with Gasteiger partial charge < -0.3 is 9.47 Å². The zero-order valence-electron chi connectivity index (χ0n) is 9.61. The molecule has 0 saturated heterocycles. The fraction of sp³-hybridized carbons (Fsp3) is 0.143. The smallest absolute Gasteiger partial charge is 0.123 e. The van der Waals surface area contributed by atoms with Crippen LogP contribution >= 0.6 is 0 Å². The molecule has 0 N–H and O–H groups in total. The van der Waals surface area contributed by atoms with Crippen molar-refractivity contribution in [1.82, 2.24) is 0 Å². The van der Waals surface area contributed by atoms with Crippen LogP contribution < -0.4 is 9.47 Å². The lowest BCUT2D eigenvalue weighted by molar-refractivity contribution is 0.217. The van der Waals surface area contributed by atoms with Crippen molar-refractivity contribution in [2.24, 2.45) is 0 Å². The van der Waals surface area contributed by atoms with Gasteiger partial charge in [-0.1, -0.05) is 0 Å². The van der Waals surface area contributed by atoms with Gasteiger partial charge in [0.25, 0.3) is 0 Å². The van der Waals surface area contributed by atoms with E-state index in [0.717, 1.165) is 0 Å². The molecule has 2 rings (SSSR count). The molecule has 0 aliphatic carbocycles. The van der Waals surface area contributed by atoms with Gasteiger partial charge in [0.05, 0.1) is 0 Å². The van der Waals surface area contributed by atoms with E-state index in [1.165, 1.54) is 24.3 Å². The molecule has 2 nitrogen and oxygen atoms in total. The van der Waals surface area contributed by atoms with Crippen molar-refractivity contribution in [1.29, 1.82) is 0 Å². The lowest BCUT2D eigenvalue weighted by Gasteiger charge is -2.08. The van der Waals surface area contributed by atoms with Gasteiger partial charge in [-0.05, 0) is 48.5 Å². The van der Waals surface area contributed by atoms with Crippen LogP contribution in [0, 0.1) is 11.6 Å². The van der Waals surface area contributed by atoms with Crippen molar-refractivity contribution in [3.63, 3.8) is 0 Å². The third kappa shape index (κ3) is 3.73. The van der Waals surface area contributed by atoms with E-state index in [-0.39, 0.29) is 11.6 Å². The van der Waals surface area contributed by atoms with Crippen molar-refractivity contribution in [3.05, 3.63) is 60.2 Å². The van der Waals surface area contributed by atoms with E-state index in [2.05, 4.69) is 0 Å². The molecule has 2 aromatic rings. The van der Waals surface area contributed by atoms with Crippen molar-refractivity contribution < 1.29 is 18.3 Å². The van der Waals surface area contributed by atoms with Crippen molar-refractivity contribution in [3.8, 4) is 11.5 Å². The fourth-order valence-electron chi connectivity index (χ4n) is 1.38. The second-order valence-corrected chi connectivity index (χ2v) is 3.60. The van der Waals surface area contributed by atoms with Gasteiger partial charge in [0.2, 0.25) is 0 Å². The minimum absolute atomic E-state index is 0.301. The van der Waals surface area contributed by atoms with Crippen LogP contribution in [0.25, 0.3) is 0 Å². The van der Waals surface area contributed by atoms with E-state index in [1.807, 2.05) is 0 Å². The zero-order chi connectivity index (χ0) is 12.8. The molecule has 94 valence electrons. The van der Waals surface area contributed by atoms with E-state index in [0.29, 0.717) is 24.7 Å². The molecule has 0 radical (unpaired) electrons. The number of ether oxygens (including phenoxy) is 2. The van der Waals surface area contributed by atoms with E-state index in [4.69, 9.17) is 9.47 Å². The molecule has 4 heteroatoms. The second kappa shape index (κ2) is 6.00. The van der Waals surface area contributed by atoms with Crippen LogP contribution in [0.3, 0.4) is 0 Å². The van der Waals surface area contributed by atoms with E-state index in [9.17, 15) is 8.78 Å². The summed E-state index contributed by atoms with van der Waals surface area (Å²) in [7, 11) is 0. The first-order valence-corrected chi connectivity index (χ1v) is 5.51. The quantitative estimate of drug-likeness (QED) is 0.757. The van der Waals surface area contributed by atoms with E-state index < -0.39 is 0 Å². The summed E-state index contributed by atoms with van der Waals surface area (Å²) in [6, 6.07) is 11.5. The van der Waals surface area contributed by atoms with Crippen LogP contribution in [0.15, 0.2) is 48.5 Å². The van der Waals surface area contributed by atoms with Crippen molar-refractivity contribution in [2.75, 3.05) is 13.2 Å². The Labute approximate surface area is 104 Å². The van der Waals surface area contributed by atoms with Gasteiger partial charge >= 0.3 is 0 Å². The molecule has 0 bridgehead atoms. The fourth-order valence-corrected chi connectivity index (χ4v) is 1.38. The van der Waals surface area contributed by atoms with Crippen LogP contribution in [0.5, 0.6) is 11.5 Å². The Morgan fingerprint density at radius 3 is 1.28 bits per heavy atom. The van der Waals surface area contributed by atoms with Crippen LogP contribution in [0.4, 0.5) is 8.78 Å². The van der Waals surface area contributed by atoms with E-state index >= 15 is 0 Å². The molecule has 0 heterocycles. The average Bonchev–Trinajstić information content (AvgIpc) is 2.39. The highest BCUT2D eigenvalue weighted by Crippen LogP contribution is 2.12. The molecule has 0 amide bonds. The highest BCUT2D eigenvalue weighted by molar-refractivity contribution is 5.23. The highest BCUT2D eigenvalue weighted by Gasteiger charge is 1.97. The van der Waals surface area contributed by atoms with E-state index in [1.54, 1.807) is 24.3 Å². The van der Waals surface area contributed by atoms with Gasteiger partial charge in [0.1, 0.15) is 36.3 Å². The summed E-state index contributed by atoms with van der Waals surface area (Å²) in [6.07, 6.45) is 0. The molecule has 0 aromatic heterocycles. The van der Waals surface area contributed by atoms with Gasteiger partial charge in [0.15, 0.2) is 0 Å². The summed E-state index contributed by atoms with van der Waals surface area (Å²) in [4.78, 5) is 0. The third-order valence-electron chi connectivity index (χ3n) is 2.25. The SMILES string of the molecule is Fc1ccc(OCCOc2ccc(F)cc2)cc1. The number of halogens is 2. The standard InChI is InChI=1S/C14H12F2O2/c15-11-1-5-13(6-2-11)17-9-10-18-14-7-3-12(16)4-8-14/h1-8H,9-10H2. The predicted octanol–water partition coefficient (Wildman–Crippen LogP) is 3.42. The summed E-state index contributed by atoms with van der Waals surface area (Å²) in [5.74, 6) is 0.563. The summed E-state index contributed by atoms with van der Waals surface area (Å²) in [5, 5.41) is 0. The first-order valence-electron chi connectivity index (χ1n) is 5.51. The van der Waals surface area contributed by atoms with Gasteiger partial charge in [-0.15, -0.1) is 0 Å². The lowest BCUT2D eigenvalue weighted by atomic mass is 10.3. The maximum absolute atomic E-state index is 12.6. The maximum Gasteiger partial charge on any atom is 0.123 e. The average molecular weight is 250 g/mol. The molecular formula is C14H12F2O2. The topological polar surface area (TPSA) is 18.5 Å².